The number of hydrogen-bond donors (Lipinski definition) is 0. The Labute approximate surface area is 240 Å². The molecule has 38 heavy (non-hydrogen) atoms. The molecule has 3 aliphatic heterocycles. The van der Waals surface area contributed by atoms with Crippen LogP contribution in [0.25, 0.3) is 0 Å². The number of imide groups is 1. The number of thiazole rings is 1. The van der Waals surface area contributed by atoms with Crippen molar-refractivity contribution in [2.45, 2.75) is 42.0 Å². The van der Waals surface area contributed by atoms with Crippen LogP contribution in [-0.4, -0.2) is 45.5 Å². The number of anilines is 1. The van der Waals surface area contributed by atoms with Gasteiger partial charge in [0.1, 0.15) is 11.8 Å². The number of piperidine rings is 1. The number of nitrogens with zero attached hydrogens (tertiary/aromatic N) is 3. The van der Waals surface area contributed by atoms with Gasteiger partial charge in [-0.05, 0) is 61.2 Å². The Morgan fingerprint density at radius 1 is 0.947 bits per heavy atom. The lowest BCUT2D eigenvalue weighted by Gasteiger charge is -2.31. The van der Waals surface area contributed by atoms with Crippen molar-refractivity contribution in [1.29, 1.82) is 0 Å². The minimum atomic E-state index is -0.718. The Bertz CT molecular complexity index is 1480. The van der Waals surface area contributed by atoms with E-state index in [0.717, 1.165) is 40.6 Å². The fourth-order valence-electron chi connectivity index (χ4n) is 5.51. The largest absolute Gasteiger partial charge is 0.341 e. The molecule has 2 aromatic carbocycles. The van der Waals surface area contributed by atoms with Crippen LogP contribution in [0.4, 0.5) is 5.69 Å². The zero-order valence-electron chi connectivity index (χ0n) is 20.1. The third kappa shape index (κ3) is 4.45. The first-order chi connectivity index (χ1) is 18.3. The summed E-state index contributed by atoms with van der Waals surface area (Å²) in [5, 5.41) is 0.439. The molecule has 0 saturated carbocycles. The highest BCUT2D eigenvalue weighted by atomic mass is 79.9. The van der Waals surface area contributed by atoms with E-state index < -0.39 is 17.1 Å². The number of carbonyl (C=O) groups excluding carboxylic acids is 3. The van der Waals surface area contributed by atoms with Crippen molar-refractivity contribution in [2.24, 2.45) is 5.92 Å². The summed E-state index contributed by atoms with van der Waals surface area (Å²) < 4.78 is 2.34. The van der Waals surface area contributed by atoms with Gasteiger partial charge in [-0.15, -0.1) is 0 Å². The van der Waals surface area contributed by atoms with Crippen LogP contribution < -0.4 is 9.77 Å². The second-order valence-corrected chi connectivity index (χ2v) is 13.1. The lowest BCUT2D eigenvalue weighted by atomic mass is 9.83. The lowest BCUT2D eigenvalue weighted by Crippen LogP contribution is -2.39. The predicted molar refractivity (Wildman–Crippen MR) is 152 cm³/mol. The SMILES string of the molecule is O=C(Cn1c2c(sc1=O)[C@@H](c1ccc(Cl)cc1)[C@H]1C(=O)N(c3ccc(Br)cc3)C(=O)[C@H]1S2)N1CCCCC1. The van der Waals surface area contributed by atoms with Crippen molar-refractivity contribution in [2.75, 3.05) is 18.0 Å². The maximum Gasteiger partial charge on any atom is 0.308 e. The molecule has 0 unspecified atom stereocenters. The Morgan fingerprint density at radius 2 is 1.63 bits per heavy atom. The smallest absolute Gasteiger partial charge is 0.308 e. The second kappa shape index (κ2) is 10.3. The van der Waals surface area contributed by atoms with Crippen LogP contribution in [-0.2, 0) is 20.9 Å². The Hall–Kier alpha value is -2.40. The maximum absolute atomic E-state index is 13.9. The van der Waals surface area contributed by atoms with Gasteiger partial charge >= 0.3 is 4.87 Å². The second-order valence-electron chi connectivity index (χ2n) is 9.65. The number of benzene rings is 2. The van der Waals surface area contributed by atoms with Crippen molar-refractivity contribution in [3.8, 4) is 0 Å². The summed E-state index contributed by atoms with van der Waals surface area (Å²) in [5.74, 6) is -1.89. The van der Waals surface area contributed by atoms with Crippen LogP contribution in [0.3, 0.4) is 0 Å². The number of fused-ring (bicyclic) bond motifs is 2. The molecular weight excluding hydrogens is 610 g/mol. The van der Waals surface area contributed by atoms with Crippen LogP contribution in [0.1, 0.15) is 35.6 Å². The van der Waals surface area contributed by atoms with Crippen molar-refractivity contribution in [3.05, 3.63) is 78.1 Å². The van der Waals surface area contributed by atoms with Gasteiger partial charge in [-0.3, -0.25) is 23.7 Å². The number of halogens is 2. The highest BCUT2D eigenvalue weighted by molar-refractivity contribution is 9.10. The predicted octanol–water partition coefficient (Wildman–Crippen LogP) is 5.13. The van der Waals surface area contributed by atoms with E-state index in [1.54, 1.807) is 36.4 Å². The molecule has 3 atom stereocenters. The number of carbonyl (C=O) groups is 3. The van der Waals surface area contributed by atoms with E-state index in [0.29, 0.717) is 33.7 Å². The molecule has 3 aliphatic rings. The topological polar surface area (TPSA) is 79.7 Å². The molecule has 0 aliphatic carbocycles. The van der Waals surface area contributed by atoms with E-state index in [2.05, 4.69) is 15.9 Å². The van der Waals surface area contributed by atoms with Crippen molar-refractivity contribution >= 4 is 74.0 Å². The van der Waals surface area contributed by atoms with E-state index in [1.165, 1.54) is 21.2 Å². The molecular formula is C27H23BrClN3O4S2. The van der Waals surface area contributed by atoms with Crippen LogP contribution in [0, 0.1) is 5.92 Å². The normalized spacial score (nSPS) is 22.9. The van der Waals surface area contributed by atoms with Gasteiger partial charge in [0.25, 0.3) is 0 Å². The van der Waals surface area contributed by atoms with E-state index in [9.17, 15) is 19.2 Å². The fourth-order valence-corrected chi connectivity index (χ4v) is 8.67. The highest BCUT2D eigenvalue weighted by Gasteiger charge is 2.56. The summed E-state index contributed by atoms with van der Waals surface area (Å²) in [7, 11) is 0. The first kappa shape index (κ1) is 25.9. The molecule has 2 saturated heterocycles. The van der Waals surface area contributed by atoms with Crippen LogP contribution >= 0.6 is 50.6 Å². The van der Waals surface area contributed by atoms with Crippen molar-refractivity contribution in [3.63, 3.8) is 0 Å². The van der Waals surface area contributed by atoms with Crippen LogP contribution in [0.5, 0.6) is 0 Å². The van der Waals surface area contributed by atoms with E-state index in [-0.39, 0.29) is 29.1 Å². The van der Waals surface area contributed by atoms with Gasteiger partial charge in [-0.2, -0.15) is 0 Å². The molecule has 4 heterocycles. The van der Waals surface area contributed by atoms with Gasteiger partial charge in [0.2, 0.25) is 17.7 Å². The van der Waals surface area contributed by atoms with Gasteiger partial charge < -0.3 is 4.90 Å². The first-order valence-electron chi connectivity index (χ1n) is 12.4. The molecule has 0 N–H and O–H groups in total. The highest BCUT2D eigenvalue weighted by Crippen LogP contribution is 2.54. The van der Waals surface area contributed by atoms with Crippen molar-refractivity contribution < 1.29 is 14.4 Å². The van der Waals surface area contributed by atoms with Gasteiger partial charge in [-0.25, -0.2) is 4.90 Å². The molecule has 196 valence electrons. The standard InChI is InChI=1S/C27H23BrClN3O4S2/c28-16-6-10-18(11-7-16)32-24(34)21-20(15-4-8-17(29)9-5-15)23-26(37-22(21)25(32)35)31(27(36)38-23)14-19(33)30-12-2-1-3-13-30/h4-11,20-22H,1-3,12-14H2/t20-,21+,22-/m0/s1. The van der Waals surface area contributed by atoms with Gasteiger partial charge in [-0.1, -0.05) is 62.8 Å². The fraction of sp³-hybridized carbons (Fsp3) is 0.333. The summed E-state index contributed by atoms with van der Waals surface area (Å²) in [4.78, 5) is 57.5. The van der Waals surface area contributed by atoms with E-state index in [1.807, 2.05) is 17.0 Å². The molecule has 1 aromatic heterocycles. The molecule has 2 fully saturated rings. The number of aromatic nitrogens is 1. The summed E-state index contributed by atoms with van der Waals surface area (Å²) in [6.45, 7) is 1.32. The molecule has 3 amide bonds. The summed E-state index contributed by atoms with van der Waals surface area (Å²) in [6.07, 6.45) is 3.02. The zero-order chi connectivity index (χ0) is 26.6. The number of hydrogen-bond acceptors (Lipinski definition) is 6. The van der Waals surface area contributed by atoms with Crippen molar-refractivity contribution in [1.82, 2.24) is 9.47 Å². The van der Waals surface area contributed by atoms with E-state index in [4.69, 9.17) is 11.6 Å². The first-order valence-corrected chi connectivity index (χ1v) is 15.3. The molecule has 0 spiro atoms. The Kier molecular flexibility index (Phi) is 7.00. The number of amides is 3. The minimum Gasteiger partial charge on any atom is -0.341 e. The molecule has 7 nitrogen and oxygen atoms in total. The van der Waals surface area contributed by atoms with Crippen LogP contribution in [0.2, 0.25) is 5.02 Å². The minimum absolute atomic E-state index is 0.0685. The number of likely N-dealkylation sites (tertiary alicyclic amines) is 1. The van der Waals surface area contributed by atoms with Gasteiger partial charge in [0.15, 0.2) is 0 Å². The third-order valence-electron chi connectivity index (χ3n) is 7.37. The molecule has 0 bridgehead atoms. The number of thioether (sulfide) groups is 1. The molecule has 3 aromatic rings. The van der Waals surface area contributed by atoms with Gasteiger partial charge in [0.05, 0.1) is 16.6 Å². The maximum atomic E-state index is 13.9. The van der Waals surface area contributed by atoms with Crippen LogP contribution in [0.15, 0.2) is 62.8 Å². The third-order valence-corrected chi connectivity index (χ3v) is 10.7. The average molecular weight is 633 g/mol. The van der Waals surface area contributed by atoms with E-state index >= 15 is 0 Å². The summed E-state index contributed by atoms with van der Waals surface area (Å²) >= 11 is 11.9. The zero-order valence-corrected chi connectivity index (χ0v) is 24.1. The van der Waals surface area contributed by atoms with Gasteiger partial charge in [0, 0.05) is 33.4 Å². The molecule has 11 heteroatoms. The monoisotopic (exact) mass is 631 g/mol. The molecule has 0 radical (unpaired) electrons. The Morgan fingerprint density at radius 3 is 2.32 bits per heavy atom. The quantitative estimate of drug-likeness (QED) is 0.373. The Balaban J connectivity index is 1.43. The summed E-state index contributed by atoms with van der Waals surface area (Å²) in [6, 6.07) is 14.3. The lowest BCUT2D eigenvalue weighted by molar-refractivity contribution is -0.133. The summed E-state index contributed by atoms with van der Waals surface area (Å²) in [5.41, 5.74) is 1.31. The molecule has 6 rings (SSSR count). The number of rotatable bonds is 4. The average Bonchev–Trinajstić information content (AvgIpc) is 3.36.